The van der Waals surface area contributed by atoms with Crippen molar-refractivity contribution in [1.82, 2.24) is 4.90 Å². The van der Waals surface area contributed by atoms with Crippen molar-refractivity contribution in [2.75, 3.05) is 7.05 Å². The van der Waals surface area contributed by atoms with Crippen LogP contribution in [-0.2, 0) is 4.79 Å². The lowest BCUT2D eigenvalue weighted by Gasteiger charge is -2.32. The SMILES string of the molecule is CC(Oc1ccc(C=O)cc1)C(=O)N(C)C1CCCCC1. The van der Waals surface area contributed by atoms with E-state index in [2.05, 4.69) is 0 Å². The van der Waals surface area contributed by atoms with E-state index in [4.69, 9.17) is 4.74 Å². The lowest BCUT2D eigenvalue weighted by atomic mass is 9.94. The fourth-order valence-corrected chi connectivity index (χ4v) is 2.81. The van der Waals surface area contributed by atoms with Gasteiger partial charge in [-0.1, -0.05) is 19.3 Å². The van der Waals surface area contributed by atoms with Gasteiger partial charge in [-0.3, -0.25) is 9.59 Å². The van der Waals surface area contributed by atoms with Crippen molar-refractivity contribution >= 4 is 12.2 Å². The summed E-state index contributed by atoms with van der Waals surface area (Å²) in [6.07, 6.45) is 6.11. The Bertz CT molecular complexity index is 477. The Hall–Kier alpha value is -1.84. The number of carbonyl (C=O) groups excluding carboxylic acids is 2. The minimum Gasteiger partial charge on any atom is -0.481 e. The molecular formula is C17H23NO3. The van der Waals surface area contributed by atoms with E-state index in [9.17, 15) is 9.59 Å². The summed E-state index contributed by atoms with van der Waals surface area (Å²) in [5, 5.41) is 0. The van der Waals surface area contributed by atoms with Crippen molar-refractivity contribution in [1.29, 1.82) is 0 Å². The van der Waals surface area contributed by atoms with Gasteiger partial charge in [-0.2, -0.15) is 0 Å². The summed E-state index contributed by atoms with van der Waals surface area (Å²) in [4.78, 5) is 24.9. The van der Waals surface area contributed by atoms with Crippen LogP contribution >= 0.6 is 0 Å². The lowest BCUT2D eigenvalue weighted by Crippen LogP contribution is -2.44. The highest BCUT2D eigenvalue weighted by Gasteiger charge is 2.26. The Labute approximate surface area is 126 Å². The van der Waals surface area contributed by atoms with Crippen molar-refractivity contribution in [3.63, 3.8) is 0 Å². The first-order valence-corrected chi connectivity index (χ1v) is 7.60. The lowest BCUT2D eigenvalue weighted by molar-refractivity contribution is -0.139. The Balaban J connectivity index is 1.92. The minimum absolute atomic E-state index is 0.0152. The first kappa shape index (κ1) is 15.5. The molecule has 0 aromatic heterocycles. The molecule has 1 aromatic rings. The molecule has 1 amide bonds. The summed E-state index contributed by atoms with van der Waals surface area (Å²) in [5.41, 5.74) is 0.598. The van der Waals surface area contributed by atoms with Crippen LogP contribution in [-0.4, -0.2) is 36.3 Å². The minimum atomic E-state index is -0.515. The van der Waals surface area contributed by atoms with E-state index >= 15 is 0 Å². The third-order valence-electron chi connectivity index (χ3n) is 4.15. The van der Waals surface area contributed by atoms with Crippen molar-refractivity contribution in [2.24, 2.45) is 0 Å². The topological polar surface area (TPSA) is 46.6 Å². The number of hydrogen-bond acceptors (Lipinski definition) is 3. The first-order valence-electron chi connectivity index (χ1n) is 7.60. The molecule has 0 N–H and O–H groups in total. The number of ether oxygens (including phenoxy) is 1. The Morgan fingerprint density at radius 2 is 1.86 bits per heavy atom. The van der Waals surface area contributed by atoms with Gasteiger partial charge < -0.3 is 9.64 Å². The van der Waals surface area contributed by atoms with Gasteiger partial charge in [0.25, 0.3) is 5.91 Å². The molecule has 4 heteroatoms. The summed E-state index contributed by atoms with van der Waals surface area (Å²) in [7, 11) is 1.87. The van der Waals surface area contributed by atoms with Crippen molar-refractivity contribution in [2.45, 2.75) is 51.2 Å². The molecular weight excluding hydrogens is 266 g/mol. The normalized spacial score (nSPS) is 17.0. The predicted octanol–water partition coefficient (Wildman–Crippen LogP) is 3.06. The quantitative estimate of drug-likeness (QED) is 0.783. The Morgan fingerprint density at radius 3 is 2.43 bits per heavy atom. The maximum atomic E-state index is 12.4. The number of amides is 1. The van der Waals surface area contributed by atoms with Gasteiger partial charge in [-0.15, -0.1) is 0 Å². The molecule has 1 fully saturated rings. The van der Waals surface area contributed by atoms with Crippen LogP contribution in [0.3, 0.4) is 0 Å². The van der Waals surface area contributed by atoms with Gasteiger partial charge in [0.05, 0.1) is 0 Å². The molecule has 1 aromatic carbocycles. The standard InChI is InChI=1S/C17H23NO3/c1-13(21-16-10-8-14(12-19)9-11-16)17(20)18(2)15-6-4-3-5-7-15/h8-13,15H,3-7H2,1-2H3. The molecule has 21 heavy (non-hydrogen) atoms. The predicted molar refractivity (Wildman–Crippen MR) is 81.6 cm³/mol. The van der Waals surface area contributed by atoms with Gasteiger partial charge in [-0.05, 0) is 44.0 Å². The number of carbonyl (C=O) groups is 2. The smallest absolute Gasteiger partial charge is 0.263 e. The van der Waals surface area contributed by atoms with Crippen LogP contribution in [0.15, 0.2) is 24.3 Å². The molecule has 1 aliphatic rings. The van der Waals surface area contributed by atoms with Crippen molar-refractivity contribution < 1.29 is 14.3 Å². The average molecular weight is 289 g/mol. The maximum Gasteiger partial charge on any atom is 0.263 e. The highest BCUT2D eigenvalue weighted by molar-refractivity contribution is 5.81. The third-order valence-corrected chi connectivity index (χ3v) is 4.15. The number of rotatable bonds is 5. The van der Waals surface area contributed by atoms with Crippen LogP contribution in [0.4, 0.5) is 0 Å². The summed E-state index contributed by atoms with van der Waals surface area (Å²) >= 11 is 0. The van der Waals surface area contributed by atoms with E-state index < -0.39 is 6.10 Å². The van der Waals surface area contributed by atoms with Crippen LogP contribution in [0.1, 0.15) is 49.4 Å². The molecule has 0 radical (unpaired) electrons. The number of likely N-dealkylation sites (N-methyl/N-ethyl adjacent to an activating group) is 1. The molecule has 4 nitrogen and oxygen atoms in total. The zero-order chi connectivity index (χ0) is 15.2. The monoisotopic (exact) mass is 289 g/mol. The van der Waals surface area contributed by atoms with Gasteiger partial charge in [0.2, 0.25) is 0 Å². The van der Waals surface area contributed by atoms with E-state index in [1.165, 1.54) is 19.3 Å². The summed E-state index contributed by atoms with van der Waals surface area (Å²) in [6.45, 7) is 1.77. The molecule has 114 valence electrons. The van der Waals surface area contributed by atoms with Crippen LogP contribution in [0.2, 0.25) is 0 Å². The van der Waals surface area contributed by atoms with E-state index in [-0.39, 0.29) is 5.91 Å². The van der Waals surface area contributed by atoms with Crippen molar-refractivity contribution in [3.05, 3.63) is 29.8 Å². The largest absolute Gasteiger partial charge is 0.481 e. The molecule has 0 bridgehead atoms. The van der Waals surface area contributed by atoms with E-state index in [1.54, 1.807) is 31.2 Å². The summed E-state index contributed by atoms with van der Waals surface area (Å²) in [6, 6.07) is 7.14. The van der Waals surface area contributed by atoms with E-state index in [0.29, 0.717) is 17.4 Å². The highest BCUT2D eigenvalue weighted by atomic mass is 16.5. The van der Waals surface area contributed by atoms with Gasteiger partial charge in [0.15, 0.2) is 6.10 Å². The highest BCUT2D eigenvalue weighted by Crippen LogP contribution is 2.22. The second-order valence-corrected chi connectivity index (χ2v) is 5.69. The Morgan fingerprint density at radius 1 is 1.24 bits per heavy atom. The van der Waals surface area contributed by atoms with Gasteiger partial charge in [0.1, 0.15) is 12.0 Å². The molecule has 1 saturated carbocycles. The molecule has 2 rings (SSSR count). The fraction of sp³-hybridized carbons (Fsp3) is 0.529. The van der Waals surface area contributed by atoms with Crippen molar-refractivity contribution in [3.8, 4) is 5.75 Å². The van der Waals surface area contributed by atoms with Crippen LogP contribution in [0.5, 0.6) is 5.75 Å². The van der Waals surface area contributed by atoms with E-state index in [0.717, 1.165) is 19.1 Å². The average Bonchev–Trinajstić information content (AvgIpc) is 2.55. The summed E-state index contributed by atoms with van der Waals surface area (Å²) < 4.78 is 5.68. The number of benzene rings is 1. The number of hydrogen-bond donors (Lipinski definition) is 0. The fourth-order valence-electron chi connectivity index (χ4n) is 2.81. The third kappa shape index (κ3) is 4.06. The zero-order valence-electron chi connectivity index (χ0n) is 12.7. The number of nitrogens with zero attached hydrogens (tertiary/aromatic N) is 1. The molecule has 0 aliphatic heterocycles. The second kappa shape index (κ2) is 7.25. The molecule has 1 aliphatic carbocycles. The van der Waals surface area contributed by atoms with Crippen LogP contribution in [0.25, 0.3) is 0 Å². The van der Waals surface area contributed by atoms with Crippen LogP contribution in [0, 0.1) is 0 Å². The molecule has 0 spiro atoms. The molecule has 0 heterocycles. The molecule has 0 saturated heterocycles. The van der Waals surface area contributed by atoms with Gasteiger partial charge in [-0.25, -0.2) is 0 Å². The van der Waals surface area contributed by atoms with E-state index in [1.807, 2.05) is 11.9 Å². The van der Waals surface area contributed by atoms with Gasteiger partial charge >= 0.3 is 0 Å². The molecule has 1 unspecified atom stereocenters. The second-order valence-electron chi connectivity index (χ2n) is 5.69. The molecule has 1 atom stereocenters. The number of aldehydes is 1. The maximum absolute atomic E-state index is 12.4. The first-order chi connectivity index (χ1) is 10.1. The Kier molecular flexibility index (Phi) is 5.37. The van der Waals surface area contributed by atoms with Gasteiger partial charge in [0, 0.05) is 18.7 Å². The zero-order valence-corrected chi connectivity index (χ0v) is 12.7. The summed E-state index contributed by atoms with van der Waals surface area (Å²) in [5.74, 6) is 0.625. The van der Waals surface area contributed by atoms with Crippen LogP contribution < -0.4 is 4.74 Å².